The second-order valence-electron chi connectivity index (χ2n) is 6.95. The van der Waals surface area contributed by atoms with Gasteiger partial charge in [-0.15, -0.1) is 0 Å². The van der Waals surface area contributed by atoms with Crippen LogP contribution in [-0.2, 0) is 9.53 Å². The molecular formula is C22H35IO2. The summed E-state index contributed by atoms with van der Waals surface area (Å²) in [5.74, 6) is -0.214. The summed E-state index contributed by atoms with van der Waals surface area (Å²) < 4.78 is 6.20. The first-order valence-electron chi connectivity index (χ1n) is 10.0. The molecule has 1 atom stereocenters. The van der Waals surface area contributed by atoms with Crippen molar-refractivity contribution in [1.82, 2.24) is 0 Å². The quantitative estimate of drug-likeness (QED) is 0.167. The van der Waals surface area contributed by atoms with E-state index in [1.165, 1.54) is 74.9 Å². The van der Waals surface area contributed by atoms with Crippen LogP contribution in [0.15, 0.2) is 24.3 Å². The van der Waals surface area contributed by atoms with E-state index in [0.29, 0.717) is 0 Å². The number of esters is 1. The number of benzene rings is 1. The van der Waals surface area contributed by atoms with Gasteiger partial charge in [-0.25, -0.2) is 0 Å². The van der Waals surface area contributed by atoms with Crippen molar-refractivity contribution in [2.75, 3.05) is 7.11 Å². The highest BCUT2D eigenvalue weighted by Crippen LogP contribution is 2.25. The Morgan fingerprint density at radius 2 is 1.36 bits per heavy atom. The zero-order valence-corrected chi connectivity index (χ0v) is 18.2. The molecule has 0 aliphatic carbocycles. The highest BCUT2D eigenvalue weighted by atomic mass is 127. The maximum Gasteiger partial charge on any atom is 0.313 e. The molecule has 0 amide bonds. The molecular weight excluding hydrogens is 423 g/mol. The lowest BCUT2D eigenvalue weighted by Gasteiger charge is -2.15. The van der Waals surface area contributed by atoms with Gasteiger partial charge in [0.05, 0.1) is 13.0 Å². The van der Waals surface area contributed by atoms with Gasteiger partial charge in [-0.1, -0.05) is 89.7 Å². The van der Waals surface area contributed by atoms with Gasteiger partial charge in [-0.05, 0) is 46.7 Å². The molecule has 25 heavy (non-hydrogen) atoms. The number of carbonyl (C=O) groups is 1. The lowest BCUT2D eigenvalue weighted by Crippen LogP contribution is -2.14. The van der Waals surface area contributed by atoms with Crippen molar-refractivity contribution >= 4 is 28.6 Å². The summed E-state index contributed by atoms with van der Waals surface area (Å²) >= 11 is 2.29. The smallest absolute Gasteiger partial charge is 0.313 e. The zero-order chi connectivity index (χ0) is 18.3. The van der Waals surface area contributed by atoms with Gasteiger partial charge in [0, 0.05) is 3.57 Å². The normalized spacial score (nSPS) is 12.1. The van der Waals surface area contributed by atoms with Crippen LogP contribution >= 0.6 is 22.6 Å². The standard InChI is InChI=1S/C22H35IO2/c1-3-4-5-6-7-8-9-10-11-12-13-14-21(22(24)25-2)19-15-17-20(23)18-16-19/h15-18,21H,3-14H2,1-2H3. The Labute approximate surface area is 168 Å². The molecule has 0 radical (unpaired) electrons. The molecule has 1 rings (SSSR count). The number of unbranched alkanes of at least 4 members (excludes halogenated alkanes) is 10. The Bertz CT molecular complexity index is 456. The molecule has 1 aromatic rings. The Kier molecular flexibility index (Phi) is 13.1. The van der Waals surface area contributed by atoms with Gasteiger partial charge < -0.3 is 4.74 Å². The molecule has 142 valence electrons. The van der Waals surface area contributed by atoms with Gasteiger partial charge in [0.15, 0.2) is 0 Å². The molecule has 0 saturated carbocycles. The van der Waals surface area contributed by atoms with E-state index in [9.17, 15) is 4.79 Å². The summed E-state index contributed by atoms with van der Waals surface area (Å²) in [6.07, 6.45) is 15.5. The molecule has 0 spiro atoms. The van der Waals surface area contributed by atoms with Crippen molar-refractivity contribution in [3.63, 3.8) is 0 Å². The number of hydrogen-bond acceptors (Lipinski definition) is 2. The highest BCUT2D eigenvalue weighted by molar-refractivity contribution is 14.1. The number of rotatable bonds is 14. The van der Waals surface area contributed by atoms with E-state index < -0.39 is 0 Å². The van der Waals surface area contributed by atoms with Gasteiger partial charge in [-0.2, -0.15) is 0 Å². The second kappa shape index (κ2) is 14.6. The Morgan fingerprint density at radius 3 is 1.84 bits per heavy atom. The second-order valence-corrected chi connectivity index (χ2v) is 8.20. The number of halogens is 1. The predicted octanol–water partition coefficient (Wildman–Crippen LogP) is 7.25. The van der Waals surface area contributed by atoms with Crippen LogP contribution in [0.3, 0.4) is 0 Å². The number of methoxy groups -OCH3 is 1. The first-order valence-corrected chi connectivity index (χ1v) is 11.1. The number of carbonyl (C=O) groups excluding carboxylic acids is 1. The third kappa shape index (κ3) is 10.2. The third-order valence-corrected chi connectivity index (χ3v) is 5.57. The largest absolute Gasteiger partial charge is 0.469 e. The average Bonchev–Trinajstić information content (AvgIpc) is 2.63. The topological polar surface area (TPSA) is 26.3 Å². The maximum absolute atomic E-state index is 12.1. The molecule has 0 fully saturated rings. The number of ether oxygens (including phenoxy) is 1. The summed E-state index contributed by atoms with van der Waals surface area (Å²) in [5.41, 5.74) is 1.08. The lowest BCUT2D eigenvalue weighted by atomic mass is 9.93. The van der Waals surface area contributed by atoms with Crippen LogP contribution in [0, 0.1) is 3.57 Å². The Hall–Kier alpha value is -0.580. The lowest BCUT2D eigenvalue weighted by molar-refractivity contribution is -0.142. The first-order chi connectivity index (χ1) is 12.2. The van der Waals surface area contributed by atoms with Crippen LogP contribution in [0.25, 0.3) is 0 Å². The van der Waals surface area contributed by atoms with Crippen LogP contribution in [0.2, 0.25) is 0 Å². The molecule has 1 unspecified atom stereocenters. The summed E-state index contributed by atoms with van der Waals surface area (Å²) in [5, 5.41) is 0. The van der Waals surface area contributed by atoms with E-state index in [2.05, 4.69) is 53.8 Å². The van der Waals surface area contributed by atoms with Crippen molar-refractivity contribution in [3.05, 3.63) is 33.4 Å². The minimum Gasteiger partial charge on any atom is -0.469 e. The SMILES string of the molecule is CCCCCCCCCCCCCC(C(=O)OC)c1ccc(I)cc1. The zero-order valence-electron chi connectivity index (χ0n) is 16.1. The Balaban J connectivity index is 2.16. The van der Waals surface area contributed by atoms with Crippen LogP contribution in [0.4, 0.5) is 0 Å². The van der Waals surface area contributed by atoms with E-state index in [4.69, 9.17) is 4.74 Å². The third-order valence-electron chi connectivity index (χ3n) is 4.85. The first kappa shape index (κ1) is 22.5. The van der Waals surface area contributed by atoms with Crippen LogP contribution < -0.4 is 0 Å². The van der Waals surface area contributed by atoms with Gasteiger partial charge in [0.1, 0.15) is 0 Å². The van der Waals surface area contributed by atoms with Gasteiger partial charge in [0.25, 0.3) is 0 Å². The minimum atomic E-state index is -0.111. The molecule has 0 N–H and O–H groups in total. The highest BCUT2D eigenvalue weighted by Gasteiger charge is 2.20. The molecule has 1 aromatic carbocycles. The molecule has 0 bridgehead atoms. The molecule has 0 heterocycles. The predicted molar refractivity (Wildman–Crippen MR) is 115 cm³/mol. The van der Waals surface area contributed by atoms with Gasteiger partial charge in [-0.3, -0.25) is 4.79 Å². The van der Waals surface area contributed by atoms with Crippen molar-refractivity contribution in [3.8, 4) is 0 Å². The molecule has 0 saturated heterocycles. The Morgan fingerprint density at radius 1 is 0.880 bits per heavy atom. The molecule has 0 aliphatic heterocycles. The van der Waals surface area contributed by atoms with Crippen molar-refractivity contribution < 1.29 is 9.53 Å². The van der Waals surface area contributed by atoms with Crippen molar-refractivity contribution in [2.24, 2.45) is 0 Å². The van der Waals surface area contributed by atoms with E-state index in [1.54, 1.807) is 0 Å². The van der Waals surface area contributed by atoms with Gasteiger partial charge in [0.2, 0.25) is 0 Å². The maximum atomic E-state index is 12.1. The summed E-state index contributed by atoms with van der Waals surface area (Å²) in [6.45, 7) is 2.27. The fourth-order valence-electron chi connectivity index (χ4n) is 3.27. The fourth-order valence-corrected chi connectivity index (χ4v) is 3.63. The van der Waals surface area contributed by atoms with Crippen LogP contribution in [-0.4, -0.2) is 13.1 Å². The average molecular weight is 458 g/mol. The minimum absolute atomic E-state index is 0.103. The summed E-state index contributed by atoms with van der Waals surface area (Å²) in [4.78, 5) is 12.1. The van der Waals surface area contributed by atoms with E-state index in [1.807, 2.05) is 0 Å². The van der Waals surface area contributed by atoms with E-state index in [0.717, 1.165) is 18.4 Å². The molecule has 0 aliphatic rings. The van der Waals surface area contributed by atoms with Gasteiger partial charge >= 0.3 is 5.97 Å². The molecule has 2 nitrogen and oxygen atoms in total. The van der Waals surface area contributed by atoms with Crippen LogP contribution in [0.1, 0.15) is 95.5 Å². The molecule has 3 heteroatoms. The number of hydrogen-bond donors (Lipinski definition) is 0. The van der Waals surface area contributed by atoms with Crippen molar-refractivity contribution in [2.45, 2.75) is 89.9 Å². The summed E-state index contributed by atoms with van der Waals surface area (Å²) in [6, 6.07) is 8.24. The van der Waals surface area contributed by atoms with Crippen molar-refractivity contribution in [1.29, 1.82) is 0 Å². The van der Waals surface area contributed by atoms with E-state index in [-0.39, 0.29) is 11.9 Å². The van der Waals surface area contributed by atoms with E-state index >= 15 is 0 Å². The fraction of sp³-hybridized carbons (Fsp3) is 0.682. The monoisotopic (exact) mass is 458 g/mol. The van der Waals surface area contributed by atoms with Crippen LogP contribution in [0.5, 0.6) is 0 Å². The summed E-state index contributed by atoms with van der Waals surface area (Å²) in [7, 11) is 1.49. The molecule has 0 aromatic heterocycles.